The van der Waals surface area contributed by atoms with Crippen LogP contribution in [0.1, 0.15) is 93.9 Å². The molecule has 4 fully saturated rings. The summed E-state index contributed by atoms with van der Waals surface area (Å²) in [5.74, 6) is 0.347. The van der Waals surface area contributed by atoms with Crippen LogP contribution in [0.3, 0.4) is 0 Å². The standard InChI is InChI=1S/C38H62N4O6/c1-22(2)23(3)34(5)13-14-36(7)26-9-10-29-35(6)20-46-21-38(29,27(26)11-12-37(36,8)30(34)32(44)45)17-28(48-24(4)43)31(35)47-16-15-42-19-25(39)18-41-33(42)40/h11,22-23,25-26,28-31H,9-10,12-21,39H2,1-8H3,(H2,40,41)(H,44,45)/t23-,25+,26+,28-,29?,30-,31+,34-,35-,36-,37+,38+/m1/s1. The van der Waals surface area contributed by atoms with Gasteiger partial charge in [-0.2, -0.15) is 0 Å². The van der Waals surface area contributed by atoms with Crippen LogP contribution in [-0.4, -0.2) is 85.6 Å². The average molecular weight is 671 g/mol. The SMILES string of the molecule is CC(=O)O[C@@H]1C[C@@]23COC[C@](C)(C2CC[C@H]2C3=CC[C@@]3(C)[C@H](C(=O)O)[C@@](C)([C@H](C)C(C)C)CC[C@]23C)[C@H]1OCCN1C[C@@H](N)CN=C1N. The van der Waals surface area contributed by atoms with Crippen LogP contribution in [0.4, 0.5) is 0 Å². The lowest BCUT2D eigenvalue weighted by Gasteiger charge is -2.71. The van der Waals surface area contributed by atoms with Gasteiger partial charge in [0.1, 0.15) is 12.2 Å². The maximum absolute atomic E-state index is 13.4. The maximum atomic E-state index is 13.4. The Morgan fingerprint density at radius 1 is 1.12 bits per heavy atom. The van der Waals surface area contributed by atoms with E-state index in [2.05, 4.69) is 59.5 Å². The molecule has 48 heavy (non-hydrogen) atoms. The third kappa shape index (κ3) is 5.16. The van der Waals surface area contributed by atoms with E-state index in [1.807, 2.05) is 4.90 Å². The molecule has 6 rings (SSSR count). The number of hydrogen-bond donors (Lipinski definition) is 3. The Morgan fingerprint density at radius 2 is 1.85 bits per heavy atom. The van der Waals surface area contributed by atoms with Crippen molar-refractivity contribution in [2.24, 2.45) is 73.1 Å². The number of aliphatic imine (C=N–C) groups is 1. The van der Waals surface area contributed by atoms with Crippen LogP contribution in [0.15, 0.2) is 16.6 Å². The summed E-state index contributed by atoms with van der Waals surface area (Å²) >= 11 is 0. The molecule has 1 unspecified atom stereocenters. The Hall–Kier alpha value is -2.17. The molecule has 5 N–H and O–H groups in total. The van der Waals surface area contributed by atoms with Gasteiger partial charge in [-0.25, -0.2) is 0 Å². The number of hydrogen-bond acceptors (Lipinski definition) is 9. The minimum Gasteiger partial charge on any atom is -0.481 e. The normalized spacial score (nSPS) is 46.0. The zero-order valence-corrected chi connectivity index (χ0v) is 30.7. The molecule has 3 saturated carbocycles. The first-order chi connectivity index (χ1) is 22.4. The molecule has 2 aliphatic heterocycles. The molecule has 4 aliphatic carbocycles. The predicted molar refractivity (Wildman–Crippen MR) is 185 cm³/mol. The van der Waals surface area contributed by atoms with Gasteiger partial charge in [0, 0.05) is 36.9 Å². The summed E-state index contributed by atoms with van der Waals surface area (Å²) in [5, 5.41) is 11.0. The molecule has 0 spiro atoms. The van der Waals surface area contributed by atoms with Gasteiger partial charge in [-0.1, -0.05) is 60.1 Å². The number of ether oxygens (including phenoxy) is 3. The third-order valence-electron chi connectivity index (χ3n) is 15.3. The highest BCUT2D eigenvalue weighted by molar-refractivity contribution is 5.78. The number of carboxylic acid groups (broad SMARTS) is 1. The van der Waals surface area contributed by atoms with Crippen molar-refractivity contribution in [3.63, 3.8) is 0 Å². The van der Waals surface area contributed by atoms with Gasteiger partial charge in [-0.3, -0.25) is 14.6 Å². The number of allylic oxidation sites excluding steroid dienone is 1. The number of guanidine groups is 1. The van der Waals surface area contributed by atoms with Gasteiger partial charge in [-0.05, 0) is 78.4 Å². The molecule has 10 nitrogen and oxygen atoms in total. The summed E-state index contributed by atoms with van der Waals surface area (Å²) in [6.07, 6.45) is 7.01. The molecule has 0 aromatic rings. The number of aliphatic carboxylic acids is 1. The number of carbonyl (C=O) groups is 2. The van der Waals surface area contributed by atoms with Crippen molar-refractivity contribution >= 4 is 17.9 Å². The van der Waals surface area contributed by atoms with Gasteiger partial charge in [0.2, 0.25) is 0 Å². The van der Waals surface area contributed by atoms with Crippen LogP contribution < -0.4 is 11.5 Å². The number of carbonyl (C=O) groups excluding carboxylic acids is 1. The summed E-state index contributed by atoms with van der Waals surface area (Å²) in [7, 11) is 0. The first-order valence-corrected chi connectivity index (χ1v) is 18.5. The van der Waals surface area contributed by atoms with Crippen molar-refractivity contribution in [3.05, 3.63) is 11.6 Å². The monoisotopic (exact) mass is 670 g/mol. The number of esters is 1. The zero-order chi connectivity index (χ0) is 35.0. The van der Waals surface area contributed by atoms with Crippen molar-refractivity contribution in [3.8, 4) is 0 Å². The molecule has 0 amide bonds. The second-order valence-corrected chi connectivity index (χ2v) is 17.9. The number of nitrogens with zero attached hydrogens (tertiary/aromatic N) is 2. The molecule has 0 radical (unpaired) electrons. The van der Waals surface area contributed by atoms with E-state index >= 15 is 0 Å². The Morgan fingerprint density at radius 3 is 2.52 bits per heavy atom. The van der Waals surface area contributed by atoms with Crippen LogP contribution >= 0.6 is 0 Å². The number of carboxylic acids is 1. The largest absolute Gasteiger partial charge is 0.481 e. The van der Waals surface area contributed by atoms with Gasteiger partial charge in [-0.15, -0.1) is 0 Å². The number of rotatable bonds is 8. The zero-order valence-electron chi connectivity index (χ0n) is 30.7. The van der Waals surface area contributed by atoms with Crippen LogP contribution in [0.2, 0.25) is 0 Å². The molecule has 6 aliphatic rings. The lowest BCUT2D eigenvalue weighted by atomic mass is 9.34. The lowest BCUT2D eigenvalue weighted by molar-refractivity contribution is -0.267. The van der Waals surface area contributed by atoms with Crippen molar-refractivity contribution in [1.82, 2.24) is 4.90 Å². The minimum absolute atomic E-state index is 0.0596. The Labute approximate surface area is 287 Å². The van der Waals surface area contributed by atoms with E-state index in [0.717, 1.165) is 32.1 Å². The van der Waals surface area contributed by atoms with E-state index in [0.29, 0.717) is 69.6 Å². The molecule has 0 aromatic heterocycles. The van der Waals surface area contributed by atoms with E-state index in [-0.39, 0.29) is 51.1 Å². The number of fused-ring (bicyclic) bond motifs is 3. The summed E-state index contributed by atoms with van der Waals surface area (Å²) in [4.78, 5) is 32.3. The fraction of sp³-hybridized carbons (Fsp3) is 0.868. The highest BCUT2D eigenvalue weighted by Crippen LogP contribution is 2.75. The van der Waals surface area contributed by atoms with Crippen LogP contribution in [0.25, 0.3) is 0 Å². The Kier molecular flexibility index (Phi) is 9.10. The van der Waals surface area contributed by atoms with Crippen LogP contribution in [-0.2, 0) is 23.8 Å². The number of nitrogens with two attached hydrogens (primary N) is 2. The fourth-order valence-electron chi connectivity index (χ4n) is 12.4. The van der Waals surface area contributed by atoms with Gasteiger partial charge in [0.15, 0.2) is 5.96 Å². The van der Waals surface area contributed by atoms with Crippen molar-refractivity contribution in [1.29, 1.82) is 0 Å². The smallest absolute Gasteiger partial charge is 0.307 e. The van der Waals surface area contributed by atoms with Crippen LogP contribution in [0, 0.1) is 56.7 Å². The molecule has 12 atom stereocenters. The average Bonchev–Trinajstić information content (AvgIpc) is 3.00. The highest BCUT2D eigenvalue weighted by atomic mass is 16.6. The van der Waals surface area contributed by atoms with Crippen molar-refractivity contribution in [2.75, 3.05) is 39.5 Å². The van der Waals surface area contributed by atoms with Gasteiger partial charge >= 0.3 is 11.9 Å². The van der Waals surface area contributed by atoms with Crippen molar-refractivity contribution in [2.45, 2.75) is 112 Å². The van der Waals surface area contributed by atoms with E-state index in [1.54, 1.807) is 0 Å². The quantitative estimate of drug-likeness (QED) is 0.243. The molecule has 2 bridgehead atoms. The Balaban J connectivity index is 1.34. The molecular formula is C38H62N4O6. The second-order valence-electron chi connectivity index (χ2n) is 17.9. The maximum Gasteiger partial charge on any atom is 0.307 e. The first-order valence-electron chi connectivity index (χ1n) is 18.5. The summed E-state index contributed by atoms with van der Waals surface area (Å²) < 4.78 is 19.5. The third-order valence-corrected chi connectivity index (χ3v) is 15.3. The molecule has 10 heteroatoms. The molecule has 2 heterocycles. The van der Waals surface area contributed by atoms with Crippen molar-refractivity contribution < 1.29 is 28.9 Å². The molecule has 0 aromatic carbocycles. The topological polar surface area (TPSA) is 150 Å². The minimum atomic E-state index is -0.650. The summed E-state index contributed by atoms with van der Waals surface area (Å²) in [5.41, 5.74) is 12.3. The predicted octanol–water partition coefficient (Wildman–Crippen LogP) is 4.85. The fourth-order valence-corrected chi connectivity index (χ4v) is 12.4. The van der Waals surface area contributed by atoms with Gasteiger partial charge < -0.3 is 35.7 Å². The highest BCUT2D eigenvalue weighted by Gasteiger charge is 2.72. The van der Waals surface area contributed by atoms with E-state index < -0.39 is 18.0 Å². The van der Waals surface area contributed by atoms with E-state index in [1.165, 1.54) is 12.5 Å². The Bertz CT molecular complexity index is 1350. The molecular weight excluding hydrogens is 608 g/mol. The molecule has 1 saturated heterocycles. The van der Waals surface area contributed by atoms with E-state index in [4.69, 9.17) is 25.7 Å². The van der Waals surface area contributed by atoms with Crippen LogP contribution in [0.5, 0.6) is 0 Å². The lowest BCUT2D eigenvalue weighted by Crippen LogP contribution is -2.70. The second kappa shape index (κ2) is 12.3. The first kappa shape index (κ1) is 35.6. The summed E-state index contributed by atoms with van der Waals surface area (Å²) in [6.45, 7) is 20.7. The summed E-state index contributed by atoms with van der Waals surface area (Å²) in [6, 6.07) is -0.0596. The van der Waals surface area contributed by atoms with Gasteiger partial charge in [0.05, 0.1) is 32.3 Å². The molecule has 270 valence electrons. The van der Waals surface area contributed by atoms with E-state index in [9.17, 15) is 14.7 Å². The van der Waals surface area contributed by atoms with Gasteiger partial charge in [0.25, 0.3) is 0 Å².